The molecule has 0 aromatic heterocycles. The van der Waals surface area contributed by atoms with Gasteiger partial charge in [0.15, 0.2) is 0 Å². The van der Waals surface area contributed by atoms with Crippen LogP contribution in [0.5, 0.6) is 0 Å². The molecule has 0 aliphatic carbocycles. The minimum Gasteiger partial charge on any atom is -0.459 e. The summed E-state index contributed by atoms with van der Waals surface area (Å²) in [6.07, 6.45) is 4.01. The van der Waals surface area contributed by atoms with E-state index in [-0.39, 0.29) is 18.5 Å². The SMILES string of the molecule is O=C(OCc1ccccc1)C1CCCCCC(=O)N1P. The highest BCUT2D eigenvalue weighted by atomic mass is 31.0. The Hall–Kier alpha value is -1.41. The van der Waals surface area contributed by atoms with Crippen molar-refractivity contribution < 1.29 is 14.3 Å². The van der Waals surface area contributed by atoms with Crippen molar-refractivity contribution >= 4 is 21.3 Å². The van der Waals surface area contributed by atoms with Crippen LogP contribution in [0.15, 0.2) is 30.3 Å². The molecule has 2 rings (SSSR count). The quantitative estimate of drug-likeness (QED) is 0.636. The second-order valence-electron chi connectivity index (χ2n) is 5.01. The van der Waals surface area contributed by atoms with Crippen LogP contribution in [0.25, 0.3) is 0 Å². The molecular weight excluding hydrogens is 273 g/mol. The molecule has 1 aromatic rings. The lowest BCUT2D eigenvalue weighted by molar-refractivity contribution is -0.153. The molecule has 1 aromatic carbocycles. The van der Waals surface area contributed by atoms with Gasteiger partial charge in [0.25, 0.3) is 0 Å². The van der Waals surface area contributed by atoms with Crippen molar-refractivity contribution in [3.8, 4) is 0 Å². The molecule has 2 unspecified atom stereocenters. The van der Waals surface area contributed by atoms with Gasteiger partial charge < -0.3 is 9.41 Å². The van der Waals surface area contributed by atoms with Gasteiger partial charge in [-0.2, -0.15) is 0 Å². The van der Waals surface area contributed by atoms with Gasteiger partial charge in [-0.25, -0.2) is 4.79 Å². The van der Waals surface area contributed by atoms with Gasteiger partial charge in [-0.1, -0.05) is 43.2 Å². The van der Waals surface area contributed by atoms with Crippen LogP contribution in [0.2, 0.25) is 0 Å². The lowest BCUT2D eigenvalue weighted by atomic mass is 10.0. The molecule has 108 valence electrons. The van der Waals surface area contributed by atoms with Crippen molar-refractivity contribution in [1.82, 2.24) is 4.67 Å². The summed E-state index contributed by atoms with van der Waals surface area (Å²) in [4.78, 5) is 24.0. The summed E-state index contributed by atoms with van der Waals surface area (Å²) in [5, 5.41) is 0. The second-order valence-corrected chi connectivity index (χ2v) is 5.57. The first-order valence-corrected chi connectivity index (χ1v) is 7.47. The zero-order valence-corrected chi connectivity index (χ0v) is 12.6. The molecule has 1 saturated heterocycles. The second kappa shape index (κ2) is 7.39. The van der Waals surface area contributed by atoms with E-state index in [2.05, 4.69) is 9.39 Å². The lowest BCUT2D eigenvalue weighted by Gasteiger charge is -2.28. The van der Waals surface area contributed by atoms with E-state index in [9.17, 15) is 9.59 Å². The molecule has 1 aliphatic heterocycles. The zero-order valence-electron chi connectivity index (χ0n) is 11.5. The number of hydrogen-bond acceptors (Lipinski definition) is 3. The number of amides is 1. The normalized spacial score (nSPS) is 20.1. The third-order valence-electron chi connectivity index (χ3n) is 3.49. The topological polar surface area (TPSA) is 46.6 Å². The number of nitrogens with zero attached hydrogens (tertiary/aromatic N) is 1. The van der Waals surface area contributed by atoms with E-state index in [1.165, 1.54) is 4.67 Å². The van der Waals surface area contributed by atoms with Crippen molar-refractivity contribution in [2.24, 2.45) is 0 Å². The summed E-state index contributed by atoms with van der Waals surface area (Å²) >= 11 is 0. The van der Waals surface area contributed by atoms with Crippen molar-refractivity contribution in [3.05, 3.63) is 35.9 Å². The maximum atomic E-state index is 12.2. The predicted molar refractivity (Wildman–Crippen MR) is 79.7 cm³/mol. The first-order valence-electron chi connectivity index (χ1n) is 6.96. The van der Waals surface area contributed by atoms with Gasteiger partial charge in [-0.3, -0.25) is 4.79 Å². The van der Waals surface area contributed by atoms with E-state index in [1.807, 2.05) is 30.3 Å². The molecule has 4 nitrogen and oxygen atoms in total. The molecule has 0 spiro atoms. The highest BCUT2D eigenvalue weighted by Crippen LogP contribution is 2.22. The van der Waals surface area contributed by atoms with E-state index in [0.29, 0.717) is 12.8 Å². The van der Waals surface area contributed by atoms with Crippen molar-refractivity contribution in [3.63, 3.8) is 0 Å². The highest BCUT2D eigenvalue weighted by molar-refractivity contribution is 7.14. The fourth-order valence-corrected chi connectivity index (χ4v) is 2.69. The number of esters is 1. The first-order chi connectivity index (χ1) is 9.68. The van der Waals surface area contributed by atoms with Gasteiger partial charge in [0, 0.05) is 6.42 Å². The molecule has 0 bridgehead atoms. The number of benzene rings is 1. The van der Waals surface area contributed by atoms with Crippen LogP contribution in [-0.4, -0.2) is 22.6 Å². The Morgan fingerprint density at radius 1 is 1.25 bits per heavy atom. The molecule has 20 heavy (non-hydrogen) atoms. The molecule has 1 amide bonds. The molecule has 1 aliphatic rings. The number of rotatable bonds is 3. The number of hydrogen-bond donors (Lipinski definition) is 0. The van der Waals surface area contributed by atoms with Gasteiger partial charge in [0.05, 0.1) is 0 Å². The standard InChI is InChI=1S/C15H20NO3P/c17-14-10-6-2-5-9-13(16(14)20)15(18)19-11-12-7-3-1-4-8-12/h1,3-4,7-8,13H,2,5-6,9-11,20H2. The molecule has 0 radical (unpaired) electrons. The predicted octanol–water partition coefficient (Wildman–Crippen LogP) is 2.68. The van der Waals surface area contributed by atoms with Crippen LogP contribution in [0.4, 0.5) is 0 Å². The van der Waals surface area contributed by atoms with Gasteiger partial charge in [0.1, 0.15) is 12.6 Å². The van der Waals surface area contributed by atoms with Gasteiger partial charge in [0.2, 0.25) is 5.91 Å². The van der Waals surface area contributed by atoms with Crippen LogP contribution in [0, 0.1) is 0 Å². The number of carbonyl (C=O) groups is 2. The molecule has 0 saturated carbocycles. The highest BCUT2D eigenvalue weighted by Gasteiger charge is 2.29. The van der Waals surface area contributed by atoms with E-state index in [1.54, 1.807) is 0 Å². The van der Waals surface area contributed by atoms with E-state index >= 15 is 0 Å². The minimum absolute atomic E-state index is 0.00337. The fourth-order valence-electron chi connectivity index (χ4n) is 2.29. The zero-order chi connectivity index (χ0) is 14.4. The molecule has 1 fully saturated rings. The van der Waals surface area contributed by atoms with Crippen LogP contribution in [0.1, 0.15) is 37.7 Å². The number of ether oxygens (including phenoxy) is 1. The molecule has 2 atom stereocenters. The average Bonchev–Trinajstić information content (AvgIpc) is 2.47. The summed E-state index contributed by atoms with van der Waals surface area (Å²) in [6, 6.07) is 9.08. The third kappa shape index (κ3) is 4.04. The lowest BCUT2D eigenvalue weighted by Crippen LogP contribution is -2.40. The number of carbonyl (C=O) groups excluding carboxylic acids is 2. The molecule has 1 heterocycles. The largest absolute Gasteiger partial charge is 0.459 e. The summed E-state index contributed by atoms with van der Waals surface area (Å²) in [7, 11) is 2.37. The third-order valence-corrected chi connectivity index (χ3v) is 4.14. The Morgan fingerprint density at radius 3 is 2.75 bits per heavy atom. The smallest absolute Gasteiger partial charge is 0.329 e. The summed E-state index contributed by atoms with van der Waals surface area (Å²) in [5.41, 5.74) is 0.952. The van der Waals surface area contributed by atoms with Gasteiger partial charge in [-0.15, -0.1) is 0 Å². The maximum Gasteiger partial charge on any atom is 0.329 e. The summed E-state index contributed by atoms with van der Waals surface area (Å²) in [6.45, 7) is 0.253. The fraction of sp³-hybridized carbons (Fsp3) is 0.467. The monoisotopic (exact) mass is 293 g/mol. The summed E-state index contributed by atoms with van der Waals surface area (Å²) < 4.78 is 6.80. The Kier molecular flexibility index (Phi) is 5.54. The Morgan fingerprint density at radius 2 is 2.00 bits per heavy atom. The molecule has 5 heteroatoms. The maximum absolute atomic E-state index is 12.2. The van der Waals surface area contributed by atoms with Gasteiger partial charge >= 0.3 is 5.97 Å². The first kappa shape index (κ1) is 15.0. The average molecular weight is 293 g/mol. The van der Waals surface area contributed by atoms with Gasteiger partial charge in [-0.05, 0) is 27.8 Å². The van der Waals surface area contributed by atoms with Crippen molar-refractivity contribution in [2.45, 2.75) is 44.8 Å². The van der Waals surface area contributed by atoms with Crippen molar-refractivity contribution in [2.75, 3.05) is 0 Å². The van der Waals surface area contributed by atoms with Crippen LogP contribution in [-0.2, 0) is 20.9 Å². The van der Waals surface area contributed by atoms with E-state index < -0.39 is 6.04 Å². The van der Waals surface area contributed by atoms with Crippen LogP contribution >= 0.6 is 9.39 Å². The molecular formula is C15H20NO3P. The van der Waals surface area contributed by atoms with Crippen LogP contribution in [0.3, 0.4) is 0 Å². The minimum atomic E-state index is -0.475. The van der Waals surface area contributed by atoms with Crippen LogP contribution < -0.4 is 0 Å². The van der Waals surface area contributed by atoms with E-state index in [0.717, 1.165) is 24.8 Å². The Balaban J connectivity index is 1.93. The Bertz CT molecular complexity index is 463. The Labute approximate surface area is 121 Å². The summed E-state index contributed by atoms with van der Waals surface area (Å²) in [5.74, 6) is -0.324. The van der Waals surface area contributed by atoms with E-state index in [4.69, 9.17) is 4.74 Å². The molecule has 0 N–H and O–H groups in total. The van der Waals surface area contributed by atoms with Crippen molar-refractivity contribution in [1.29, 1.82) is 0 Å².